The average Bonchev–Trinajstić information content (AvgIpc) is 3.22. The summed E-state index contributed by atoms with van der Waals surface area (Å²) in [6.07, 6.45) is -4.73. The Bertz CT molecular complexity index is 1690. The molecule has 0 bridgehead atoms. The van der Waals surface area contributed by atoms with Crippen molar-refractivity contribution in [2.75, 3.05) is 32.5 Å². The number of carbonyl (C=O) groups excluding carboxylic acids is 3. The number of hydrogen-bond donors (Lipinski definition) is 3. The number of likely N-dealkylation sites (N-methyl/N-ethyl adjacent to an activating group) is 1. The monoisotopic (exact) mass is 659 g/mol. The molecule has 226 valence electrons. The quantitative estimate of drug-likeness (QED) is 0.242. The van der Waals surface area contributed by atoms with Crippen LogP contribution in [0.1, 0.15) is 43.4 Å². The molecule has 0 saturated heterocycles. The smallest absolute Gasteiger partial charge is 0.350 e. The van der Waals surface area contributed by atoms with Crippen LogP contribution in [0.25, 0.3) is 10.9 Å². The second kappa shape index (κ2) is 12.8. The molecule has 0 spiro atoms. The topological polar surface area (TPSA) is 121 Å². The predicted octanol–water partition coefficient (Wildman–Crippen LogP) is 5.13. The Kier molecular flexibility index (Phi) is 9.38. The first-order valence-corrected chi connectivity index (χ1v) is 13.9. The van der Waals surface area contributed by atoms with Crippen molar-refractivity contribution in [3.05, 3.63) is 86.8 Å². The molecule has 0 fully saturated rings. The van der Waals surface area contributed by atoms with E-state index < -0.39 is 17.8 Å². The van der Waals surface area contributed by atoms with Crippen LogP contribution in [0.15, 0.2) is 53.0 Å². The van der Waals surface area contributed by atoms with Gasteiger partial charge in [-0.05, 0) is 55.8 Å². The van der Waals surface area contributed by atoms with Gasteiger partial charge in [-0.3, -0.25) is 14.3 Å². The van der Waals surface area contributed by atoms with E-state index in [1.807, 2.05) is 0 Å². The van der Waals surface area contributed by atoms with Crippen LogP contribution in [-0.4, -0.2) is 64.7 Å². The SMILES string of the molecule is CNC(=O)N(C)CCNC(=O)c1ccc(Cn2nc(C)c(NC(=O)c3cc(C(F)(F)F)nc4ccc(Br)cc34)c2C)cc1. The summed E-state index contributed by atoms with van der Waals surface area (Å²) < 4.78 is 42.9. The van der Waals surface area contributed by atoms with Gasteiger partial charge in [0.05, 0.1) is 34.7 Å². The molecule has 3 N–H and O–H groups in total. The van der Waals surface area contributed by atoms with Gasteiger partial charge in [0.1, 0.15) is 5.69 Å². The lowest BCUT2D eigenvalue weighted by atomic mass is 10.1. The highest BCUT2D eigenvalue weighted by molar-refractivity contribution is 9.10. The van der Waals surface area contributed by atoms with E-state index in [4.69, 9.17) is 0 Å². The number of carbonyl (C=O) groups is 3. The van der Waals surface area contributed by atoms with Crippen molar-refractivity contribution in [2.45, 2.75) is 26.6 Å². The Morgan fingerprint density at radius 3 is 2.37 bits per heavy atom. The molecule has 0 aliphatic rings. The number of amides is 4. The van der Waals surface area contributed by atoms with E-state index >= 15 is 0 Å². The lowest BCUT2D eigenvalue weighted by Crippen LogP contribution is -2.40. The van der Waals surface area contributed by atoms with Crippen molar-refractivity contribution in [2.24, 2.45) is 0 Å². The summed E-state index contributed by atoms with van der Waals surface area (Å²) >= 11 is 3.30. The molecule has 0 atom stereocenters. The van der Waals surface area contributed by atoms with E-state index in [2.05, 4.69) is 42.0 Å². The fourth-order valence-electron chi connectivity index (χ4n) is 4.41. The maximum absolute atomic E-state index is 13.5. The molecule has 43 heavy (non-hydrogen) atoms. The van der Waals surface area contributed by atoms with Gasteiger partial charge in [-0.1, -0.05) is 28.1 Å². The van der Waals surface area contributed by atoms with E-state index in [9.17, 15) is 27.6 Å². The number of halogens is 4. The molecule has 4 amide bonds. The largest absolute Gasteiger partial charge is 0.433 e. The average molecular weight is 660 g/mol. The number of anilines is 1. The van der Waals surface area contributed by atoms with Gasteiger partial charge < -0.3 is 20.9 Å². The number of nitrogens with zero attached hydrogens (tertiary/aromatic N) is 4. The number of pyridine rings is 1. The van der Waals surface area contributed by atoms with Crippen LogP contribution in [-0.2, 0) is 12.7 Å². The zero-order valence-corrected chi connectivity index (χ0v) is 25.4. The molecule has 0 unspecified atom stereocenters. The van der Waals surface area contributed by atoms with Gasteiger partial charge in [-0.25, -0.2) is 9.78 Å². The van der Waals surface area contributed by atoms with Gasteiger partial charge in [0.25, 0.3) is 11.8 Å². The van der Waals surface area contributed by atoms with Gasteiger partial charge in [0.15, 0.2) is 0 Å². The summed E-state index contributed by atoms with van der Waals surface area (Å²) in [5.74, 6) is -1.00. The second-order valence-corrected chi connectivity index (χ2v) is 10.7. The summed E-state index contributed by atoms with van der Waals surface area (Å²) in [6, 6.07) is 11.9. The maximum atomic E-state index is 13.5. The van der Waals surface area contributed by atoms with Crippen LogP contribution in [0.5, 0.6) is 0 Å². The summed E-state index contributed by atoms with van der Waals surface area (Å²) in [4.78, 5) is 42.5. The lowest BCUT2D eigenvalue weighted by molar-refractivity contribution is -0.141. The second-order valence-electron chi connectivity index (χ2n) is 9.80. The maximum Gasteiger partial charge on any atom is 0.433 e. The number of nitrogens with one attached hydrogen (secondary N) is 3. The molecule has 4 rings (SSSR count). The summed E-state index contributed by atoms with van der Waals surface area (Å²) in [5, 5.41) is 12.8. The molecule has 10 nitrogen and oxygen atoms in total. The number of rotatable bonds is 8. The van der Waals surface area contributed by atoms with Crippen molar-refractivity contribution < 1.29 is 27.6 Å². The summed E-state index contributed by atoms with van der Waals surface area (Å²) in [6.45, 7) is 4.39. The molecule has 0 aliphatic carbocycles. The van der Waals surface area contributed by atoms with Crippen molar-refractivity contribution in [1.29, 1.82) is 0 Å². The number of fused-ring (bicyclic) bond motifs is 1. The molecule has 2 aromatic carbocycles. The Hall–Kier alpha value is -4.46. The predicted molar refractivity (Wildman–Crippen MR) is 159 cm³/mol. The van der Waals surface area contributed by atoms with Crippen molar-refractivity contribution in [3.8, 4) is 0 Å². The molecule has 0 aliphatic heterocycles. The molecule has 2 aromatic heterocycles. The first-order valence-electron chi connectivity index (χ1n) is 13.1. The summed E-state index contributed by atoms with van der Waals surface area (Å²) in [5.41, 5.74) is 1.46. The van der Waals surface area contributed by atoms with Gasteiger partial charge >= 0.3 is 12.2 Å². The Morgan fingerprint density at radius 1 is 1.02 bits per heavy atom. The van der Waals surface area contributed by atoms with Crippen LogP contribution in [0.2, 0.25) is 0 Å². The fourth-order valence-corrected chi connectivity index (χ4v) is 4.77. The van der Waals surface area contributed by atoms with Crippen LogP contribution in [0, 0.1) is 13.8 Å². The molecular formula is C29H29BrF3N7O3. The molecule has 0 saturated carbocycles. The summed E-state index contributed by atoms with van der Waals surface area (Å²) in [7, 11) is 3.15. The van der Waals surface area contributed by atoms with Gasteiger partial charge in [-0.2, -0.15) is 18.3 Å². The van der Waals surface area contributed by atoms with Crippen LogP contribution < -0.4 is 16.0 Å². The highest BCUT2D eigenvalue weighted by Crippen LogP contribution is 2.32. The number of benzene rings is 2. The van der Waals surface area contributed by atoms with Crippen LogP contribution in [0.4, 0.5) is 23.7 Å². The van der Waals surface area contributed by atoms with E-state index in [1.54, 1.807) is 62.0 Å². The zero-order chi connectivity index (χ0) is 31.5. The number of aryl methyl sites for hydroxylation is 1. The highest BCUT2D eigenvalue weighted by Gasteiger charge is 2.34. The molecular weight excluding hydrogens is 631 g/mol. The molecule has 4 aromatic rings. The number of aromatic nitrogens is 3. The number of hydrogen-bond acceptors (Lipinski definition) is 5. The van der Waals surface area contributed by atoms with Crippen molar-refractivity contribution >= 4 is 50.4 Å². The van der Waals surface area contributed by atoms with Crippen LogP contribution >= 0.6 is 15.9 Å². The minimum absolute atomic E-state index is 0.0423. The normalized spacial score (nSPS) is 11.3. The zero-order valence-electron chi connectivity index (χ0n) is 23.8. The standard InChI is InChI=1S/C29H29BrF3N7O3/c1-16-25(37-27(42)22-14-24(29(31,32)33)36-23-10-9-20(30)13-21(22)23)17(2)40(38-16)15-18-5-7-19(8-6-18)26(41)35-11-12-39(4)28(43)34-3/h5-10,13-14H,11-12,15H2,1-4H3,(H,34,43)(H,35,41)(H,37,42). The van der Waals surface area contributed by atoms with Gasteiger partial charge in [0, 0.05) is 42.6 Å². The van der Waals surface area contributed by atoms with Gasteiger partial charge in [-0.15, -0.1) is 0 Å². The number of alkyl halides is 3. The van der Waals surface area contributed by atoms with Crippen molar-refractivity contribution in [3.63, 3.8) is 0 Å². The lowest BCUT2D eigenvalue weighted by Gasteiger charge is -2.16. The third-order valence-electron chi connectivity index (χ3n) is 6.77. The molecule has 0 radical (unpaired) electrons. The Labute approximate surface area is 253 Å². The molecule has 2 heterocycles. The van der Waals surface area contributed by atoms with E-state index in [1.165, 1.54) is 18.0 Å². The van der Waals surface area contributed by atoms with Crippen molar-refractivity contribution in [1.82, 2.24) is 30.3 Å². The Balaban J connectivity index is 1.48. The third kappa shape index (κ3) is 7.31. The van der Waals surface area contributed by atoms with Crippen LogP contribution in [0.3, 0.4) is 0 Å². The Morgan fingerprint density at radius 2 is 1.72 bits per heavy atom. The fraction of sp³-hybridized carbons (Fsp3) is 0.276. The van der Waals surface area contributed by atoms with Gasteiger partial charge in [0.2, 0.25) is 0 Å². The minimum atomic E-state index is -4.73. The third-order valence-corrected chi connectivity index (χ3v) is 7.26. The number of urea groups is 1. The first kappa shape index (κ1) is 31.5. The van der Waals surface area contributed by atoms with E-state index in [0.29, 0.717) is 40.2 Å². The van der Waals surface area contributed by atoms with E-state index in [0.717, 1.165) is 11.6 Å². The molecule has 14 heteroatoms. The highest BCUT2D eigenvalue weighted by atomic mass is 79.9. The van der Waals surface area contributed by atoms with E-state index in [-0.39, 0.29) is 34.9 Å². The minimum Gasteiger partial charge on any atom is -0.350 e. The first-order chi connectivity index (χ1) is 20.3.